The molecule has 2 aromatic carbocycles. The normalized spacial score (nSPS) is 10.2. The van der Waals surface area contributed by atoms with E-state index >= 15 is 0 Å². The van der Waals surface area contributed by atoms with Crippen LogP contribution in [0.4, 0.5) is 17.2 Å². The van der Waals surface area contributed by atoms with Crippen LogP contribution < -0.4 is 24.8 Å². The predicted molar refractivity (Wildman–Crippen MR) is 113 cm³/mol. The van der Waals surface area contributed by atoms with Crippen LogP contribution in [0.1, 0.15) is 17.3 Å². The van der Waals surface area contributed by atoms with Crippen molar-refractivity contribution in [2.75, 3.05) is 31.5 Å². The zero-order valence-corrected chi connectivity index (χ0v) is 16.6. The number of nitrogens with zero attached hydrogens (tertiary/aromatic N) is 1. The van der Waals surface area contributed by atoms with Gasteiger partial charge in [0.15, 0.2) is 11.5 Å². The number of aromatic nitrogens is 1. The lowest BCUT2D eigenvalue weighted by atomic mass is 10.2. The molecule has 0 fully saturated rings. The average Bonchev–Trinajstić information content (AvgIpc) is 2.75. The van der Waals surface area contributed by atoms with Crippen molar-refractivity contribution in [3.05, 3.63) is 66.4 Å². The van der Waals surface area contributed by atoms with E-state index in [0.29, 0.717) is 40.9 Å². The molecule has 1 aromatic heterocycles. The van der Waals surface area contributed by atoms with Crippen molar-refractivity contribution < 1.29 is 19.0 Å². The molecular weight excluding hydrogens is 370 g/mol. The highest BCUT2D eigenvalue weighted by Gasteiger charge is 2.11. The van der Waals surface area contributed by atoms with Gasteiger partial charge in [-0.3, -0.25) is 4.79 Å². The van der Waals surface area contributed by atoms with Gasteiger partial charge in [0.25, 0.3) is 5.91 Å². The highest BCUT2D eigenvalue weighted by molar-refractivity contribution is 6.04. The number of hydrogen-bond acceptors (Lipinski definition) is 6. The zero-order chi connectivity index (χ0) is 20.6. The molecule has 0 radical (unpaired) electrons. The molecule has 0 aliphatic carbocycles. The SMILES string of the molecule is CCOc1ccccc1NC(=O)c1ccc(Nc2ccc(OC)c(OC)c2)nc1. The Bertz CT molecular complexity index is 974. The molecule has 0 atom stereocenters. The van der Waals surface area contributed by atoms with Crippen molar-refractivity contribution in [1.82, 2.24) is 4.98 Å². The van der Waals surface area contributed by atoms with Gasteiger partial charge in [0.1, 0.15) is 11.6 Å². The minimum Gasteiger partial charge on any atom is -0.493 e. The Morgan fingerprint density at radius 2 is 1.76 bits per heavy atom. The van der Waals surface area contributed by atoms with Gasteiger partial charge in [-0.25, -0.2) is 4.98 Å². The Hall–Kier alpha value is -3.74. The van der Waals surface area contributed by atoms with E-state index in [1.54, 1.807) is 38.5 Å². The number of rotatable bonds is 8. The summed E-state index contributed by atoms with van der Waals surface area (Å²) in [5.41, 5.74) is 1.85. The largest absolute Gasteiger partial charge is 0.493 e. The van der Waals surface area contributed by atoms with Gasteiger partial charge < -0.3 is 24.8 Å². The highest BCUT2D eigenvalue weighted by Crippen LogP contribution is 2.31. The summed E-state index contributed by atoms with van der Waals surface area (Å²) in [6, 6.07) is 16.2. The highest BCUT2D eigenvalue weighted by atomic mass is 16.5. The first kappa shape index (κ1) is 20.0. The summed E-state index contributed by atoms with van der Waals surface area (Å²) in [7, 11) is 3.17. The van der Waals surface area contributed by atoms with Crippen molar-refractivity contribution in [2.24, 2.45) is 0 Å². The van der Waals surface area contributed by atoms with Crippen molar-refractivity contribution in [1.29, 1.82) is 0 Å². The number of hydrogen-bond donors (Lipinski definition) is 2. The first-order chi connectivity index (χ1) is 14.1. The lowest BCUT2D eigenvalue weighted by molar-refractivity contribution is 0.102. The molecule has 1 heterocycles. The molecule has 0 saturated heterocycles. The number of carbonyl (C=O) groups excluding carboxylic acids is 1. The summed E-state index contributed by atoms with van der Waals surface area (Å²) in [5.74, 6) is 2.22. The third-order valence-electron chi connectivity index (χ3n) is 4.12. The van der Waals surface area contributed by atoms with Crippen LogP contribution in [0.5, 0.6) is 17.2 Å². The average molecular weight is 393 g/mol. The summed E-state index contributed by atoms with van der Waals surface area (Å²) in [5, 5.41) is 6.03. The fourth-order valence-electron chi connectivity index (χ4n) is 2.71. The minimum atomic E-state index is -0.262. The number of carbonyl (C=O) groups is 1. The summed E-state index contributed by atoms with van der Waals surface area (Å²) in [4.78, 5) is 16.9. The van der Waals surface area contributed by atoms with Crippen LogP contribution in [-0.2, 0) is 0 Å². The fraction of sp³-hybridized carbons (Fsp3) is 0.182. The smallest absolute Gasteiger partial charge is 0.257 e. The molecule has 7 nitrogen and oxygen atoms in total. The van der Waals surface area contributed by atoms with Gasteiger partial charge in [-0.15, -0.1) is 0 Å². The first-order valence-electron chi connectivity index (χ1n) is 9.13. The molecule has 1 amide bonds. The minimum absolute atomic E-state index is 0.262. The van der Waals surface area contributed by atoms with Crippen LogP contribution in [0.2, 0.25) is 0 Å². The summed E-state index contributed by atoms with van der Waals surface area (Å²) >= 11 is 0. The van der Waals surface area contributed by atoms with E-state index in [1.807, 2.05) is 37.3 Å². The quantitative estimate of drug-likeness (QED) is 0.587. The molecule has 29 heavy (non-hydrogen) atoms. The maximum Gasteiger partial charge on any atom is 0.257 e. The molecule has 2 N–H and O–H groups in total. The van der Waals surface area contributed by atoms with Gasteiger partial charge in [0.05, 0.1) is 32.1 Å². The molecular formula is C22H23N3O4. The zero-order valence-electron chi connectivity index (χ0n) is 16.6. The number of anilines is 3. The van der Waals surface area contributed by atoms with Crippen molar-refractivity contribution in [3.63, 3.8) is 0 Å². The van der Waals surface area contributed by atoms with Crippen molar-refractivity contribution in [3.8, 4) is 17.2 Å². The molecule has 0 unspecified atom stereocenters. The Balaban J connectivity index is 1.69. The molecule has 0 bridgehead atoms. The monoisotopic (exact) mass is 393 g/mol. The second-order valence-electron chi connectivity index (χ2n) is 6.01. The van der Waals surface area contributed by atoms with Crippen LogP contribution >= 0.6 is 0 Å². The topological polar surface area (TPSA) is 81.7 Å². The molecule has 0 aliphatic heterocycles. The van der Waals surface area contributed by atoms with E-state index in [4.69, 9.17) is 14.2 Å². The van der Waals surface area contributed by atoms with Gasteiger partial charge in [-0.2, -0.15) is 0 Å². The second-order valence-corrected chi connectivity index (χ2v) is 6.01. The van der Waals surface area contributed by atoms with E-state index in [0.717, 1.165) is 5.69 Å². The predicted octanol–water partition coefficient (Wildman–Crippen LogP) is 4.49. The van der Waals surface area contributed by atoms with Gasteiger partial charge >= 0.3 is 0 Å². The number of methoxy groups -OCH3 is 2. The molecule has 7 heteroatoms. The second kappa shape index (κ2) is 9.45. The lowest BCUT2D eigenvalue weighted by Crippen LogP contribution is -2.13. The maximum absolute atomic E-state index is 12.5. The molecule has 0 aliphatic rings. The maximum atomic E-state index is 12.5. The van der Waals surface area contributed by atoms with Crippen LogP contribution in [0.25, 0.3) is 0 Å². The molecule has 0 spiro atoms. The van der Waals surface area contributed by atoms with Crippen molar-refractivity contribution in [2.45, 2.75) is 6.92 Å². The number of amides is 1. The van der Waals surface area contributed by atoms with Crippen molar-refractivity contribution >= 4 is 23.1 Å². The number of ether oxygens (including phenoxy) is 3. The Labute approximate surface area is 169 Å². The Morgan fingerprint density at radius 3 is 2.45 bits per heavy atom. The molecule has 150 valence electrons. The number of nitrogens with one attached hydrogen (secondary N) is 2. The standard InChI is InChI=1S/C22H23N3O4/c1-4-29-18-8-6-5-7-17(18)25-22(26)15-9-12-21(23-14-15)24-16-10-11-19(27-2)20(13-16)28-3/h5-14H,4H2,1-3H3,(H,23,24)(H,25,26). The van der Waals surface area contributed by atoms with Crippen LogP contribution in [-0.4, -0.2) is 31.7 Å². The van der Waals surface area contributed by atoms with Crippen LogP contribution in [0.15, 0.2) is 60.8 Å². The summed E-state index contributed by atoms with van der Waals surface area (Å²) < 4.78 is 16.1. The van der Waals surface area contributed by atoms with E-state index in [1.165, 1.54) is 6.20 Å². The number of benzene rings is 2. The third-order valence-corrected chi connectivity index (χ3v) is 4.12. The molecule has 3 aromatic rings. The van der Waals surface area contributed by atoms with Crippen LogP contribution in [0, 0.1) is 0 Å². The summed E-state index contributed by atoms with van der Waals surface area (Å²) in [6.45, 7) is 2.41. The Morgan fingerprint density at radius 1 is 0.966 bits per heavy atom. The number of pyridine rings is 1. The van der Waals surface area contributed by atoms with E-state index in [-0.39, 0.29) is 5.91 Å². The Kier molecular flexibility index (Phi) is 6.52. The van der Waals surface area contributed by atoms with Gasteiger partial charge in [-0.05, 0) is 43.3 Å². The lowest BCUT2D eigenvalue weighted by Gasteiger charge is -2.12. The van der Waals surface area contributed by atoms with Crippen LogP contribution in [0.3, 0.4) is 0 Å². The van der Waals surface area contributed by atoms with Gasteiger partial charge in [0, 0.05) is 18.0 Å². The molecule has 0 saturated carbocycles. The first-order valence-corrected chi connectivity index (χ1v) is 9.13. The van der Waals surface area contributed by atoms with E-state index < -0.39 is 0 Å². The summed E-state index contributed by atoms with van der Waals surface area (Å²) in [6.07, 6.45) is 1.52. The number of para-hydroxylation sites is 2. The third kappa shape index (κ3) is 4.95. The fourth-order valence-corrected chi connectivity index (χ4v) is 2.71. The van der Waals surface area contributed by atoms with E-state index in [2.05, 4.69) is 15.6 Å². The molecule has 3 rings (SSSR count). The van der Waals surface area contributed by atoms with Gasteiger partial charge in [-0.1, -0.05) is 12.1 Å². The van der Waals surface area contributed by atoms with Gasteiger partial charge in [0.2, 0.25) is 0 Å². The van der Waals surface area contributed by atoms with E-state index in [9.17, 15) is 4.79 Å².